The molecule has 0 N–H and O–H groups in total. The highest BCUT2D eigenvalue weighted by atomic mass is 16.5. The molecule has 0 bridgehead atoms. The molecule has 0 rings (SSSR count). The van der Waals surface area contributed by atoms with Gasteiger partial charge in [-0.15, -0.1) is 5.92 Å². The lowest BCUT2D eigenvalue weighted by Gasteiger charge is -2.13. The summed E-state index contributed by atoms with van der Waals surface area (Å²) in [6, 6.07) is 0. The van der Waals surface area contributed by atoms with Crippen LogP contribution in [0.15, 0.2) is 0 Å². The summed E-state index contributed by atoms with van der Waals surface area (Å²) in [5.41, 5.74) is 0. The first-order valence-corrected chi connectivity index (χ1v) is 7.94. The summed E-state index contributed by atoms with van der Waals surface area (Å²) in [5, 5.41) is 0. The Labute approximate surface area is 128 Å². The zero-order valence-electron chi connectivity index (χ0n) is 13.6. The number of hydrogen-bond donors (Lipinski definition) is 0. The molecule has 0 aromatic rings. The molecule has 0 aromatic carbocycles. The van der Waals surface area contributed by atoms with Gasteiger partial charge < -0.3 is 9.47 Å². The Kier molecular flexibility index (Phi) is 12.5. The lowest BCUT2D eigenvalue weighted by atomic mass is 10.2. The Balaban J connectivity index is 3.89. The molecular weight excluding hydrogens is 268 g/mol. The molecule has 1 atom stereocenters. The standard InChI is InChI=1S/C17H28O4/c1-4-7-9-10-11-15(6-3)21-17(19)13-12-16(18)20-14-8-5-2/h15H,4-8,11-14H2,1-3H3. The number of carbonyl (C=O) groups excluding carboxylic acids is 2. The van der Waals surface area contributed by atoms with E-state index in [1.165, 1.54) is 0 Å². The highest BCUT2D eigenvalue weighted by Gasteiger charge is 2.13. The molecule has 0 aliphatic carbocycles. The quantitative estimate of drug-likeness (QED) is 0.351. The van der Waals surface area contributed by atoms with Gasteiger partial charge in [0, 0.05) is 12.8 Å². The SMILES string of the molecule is CCCC#CCC(CC)OC(=O)CCC(=O)OCCCC. The lowest BCUT2D eigenvalue weighted by Crippen LogP contribution is -2.18. The minimum Gasteiger partial charge on any atom is -0.466 e. The van der Waals surface area contributed by atoms with Gasteiger partial charge >= 0.3 is 11.9 Å². The number of rotatable bonds is 10. The van der Waals surface area contributed by atoms with Gasteiger partial charge in [0.25, 0.3) is 0 Å². The van der Waals surface area contributed by atoms with E-state index in [0.717, 1.165) is 32.1 Å². The van der Waals surface area contributed by atoms with Crippen molar-refractivity contribution in [3.05, 3.63) is 0 Å². The van der Waals surface area contributed by atoms with E-state index in [1.54, 1.807) is 0 Å². The predicted molar refractivity (Wildman–Crippen MR) is 82.6 cm³/mol. The van der Waals surface area contributed by atoms with Crippen LogP contribution in [0, 0.1) is 11.8 Å². The van der Waals surface area contributed by atoms with Crippen LogP contribution in [-0.4, -0.2) is 24.6 Å². The van der Waals surface area contributed by atoms with Crippen LogP contribution in [0.4, 0.5) is 0 Å². The fourth-order valence-corrected chi connectivity index (χ4v) is 1.52. The fraction of sp³-hybridized carbons (Fsp3) is 0.765. The van der Waals surface area contributed by atoms with Gasteiger partial charge in [-0.1, -0.05) is 33.1 Å². The zero-order chi connectivity index (χ0) is 15.9. The van der Waals surface area contributed by atoms with Crippen molar-refractivity contribution >= 4 is 11.9 Å². The first kappa shape index (κ1) is 19.5. The Hall–Kier alpha value is -1.50. The van der Waals surface area contributed by atoms with E-state index in [4.69, 9.17) is 9.47 Å². The first-order valence-electron chi connectivity index (χ1n) is 7.94. The Morgan fingerprint density at radius 3 is 2.33 bits per heavy atom. The number of esters is 2. The molecule has 0 spiro atoms. The van der Waals surface area contributed by atoms with Crippen molar-refractivity contribution < 1.29 is 19.1 Å². The molecule has 0 saturated heterocycles. The summed E-state index contributed by atoms with van der Waals surface area (Å²) in [7, 11) is 0. The molecule has 0 amide bonds. The highest BCUT2D eigenvalue weighted by molar-refractivity contribution is 5.77. The van der Waals surface area contributed by atoms with Crippen LogP contribution in [0.1, 0.15) is 72.1 Å². The van der Waals surface area contributed by atoms with Crippen LogP contribution < -0.4 is 0 Å². The number of unbranched alkanes of at least 4 members (excludes halogenated alkanes) is 2. The molecule has 0 saturated carbocycles. The summed E-state index contributed by atoms with van der Waals surface area (Å²) in [6.07, 6.45) is 4.99. The van der Waals surface area contributed by atoms with E-state index in [0.29, 0.717) is 13.0 Å². The summed E-state index contributed by atoms with van der Waals surface area (Å²) < 4.78 is 10.3. The topological polar surface area (TPSA) is 52.6 Å². The Morgan fingerprint density at radius 1 is 1.00 bits per heavy atom. The molecule has 0 aliphatic heterocycles. The normalized spacial score (nSPS) is 11.2. The molecule has 4 nitrogen and oxygen atoms in total. The Morgan fingerprint density at radius 2 is 1.71 bits per heavy atom. The first-order chi connectivity index (χ1) is 10.1. The van der Waals surface area contributed by atoms with E-state index >= 15 is 0 Å². The third-order valence-corrected chi connectivity index (χ3v) is 2.88. The molecular formula is C17H28O4. The van der Waals surface area contributed by atoms with Crippen molar-refractivity contribution in [2.24, 2.45) is 0 Å². The van der Waals surface area contributed by atoms with Gasteiger partial charge in [0.1, 0.15) is 6.10 Å². The average Bonchev–Trinajstić information content (AvgIpc) is 2.48. The zero-order valence-corrected chi connectivity index (χ0v) is 13.6. The second-order valence-electron chi connectivity index (χ2n) is 4.90. The average molecular weight is 296 g/mol. The Bertz CT molecular complexity index is 352. The molecule has 0 aliphatic rings. The number of hydrogen-bond acceptors (Lipinski definition) is 4. The molecule has 120 valence electrons. The molecule has 0 fully saturated rings. The van der Waals surface area contributed by atoms with Crippen LogP contribution in [0.2, 0.25) is 0 Å². The van der Waals surface area contributed by atoms with Gasteiger partial charge in [-0.25, -0.2) is 0 Å². The van der Waals surface area contributed by atoms with Crippen LogP contribution in [0.3, 0.4) is 0 Å². The van der Waals surface area contributed by atoms with Crippen LogP contribution in [0.25, 0.3) is 0 Å². The summed E-state index contributed by atoms with van der Waals surface area (Å²) in [4.78, 5) is 23.0. The van der Waals surface area contributed by atoms with E-state index in [2.05, 4.69) is 18.8 Å². The molecule has 1 unspecified atom stereocenters. The highest BCUT2D eigenvalue weighted by Crippen LogP contribution is 2.06. The maximum absolute atomic E-state index is 11.7. The van der Waals surface area contributed by atoms with E-state index in [-0.39, 0.29) is 30.9 Å². The summed E-state index contributed by atoms with van der Waals surface area (Å²) in [6.45, 7) is 6.48. The van der Waals surface area contributed by atoms with Crippen LogP contribution in [0.5, 0.6) is 0 Å². The maximum Gasteiger partial charge on any atom is 0.306 e. The van der Waals surface area contributed by atoms with Crippen LogP contribution >= 0.6 is 0 Å². The third-order valence-electron chi connectivity index (χ3n) is 2.88. The molecule has 21 heavy (non-hydrogen) atoms. The van der Waals surface area contributed by atoms with Gasteiger partial charge in [-0.05, 0) is 19.3 Å². The molecule has 0 aromatic heterocycles. The fourth-order valence-electron chi connectivity index (χ4n) is 1.52. The molecule has 0 heterocycles. The summed E-state index contributed by atoms with van der Waals surface area (Å²) in [5.74, 6) is 5.37. The van der Waals surface area contributed by atoms with Gasteiger partial charge in [0.15, 0.2) is 0 Å². The van der Waals surface area contributed by atoms with Gasteiger partial charge in [0.2, 0.25) is 0 Å². The second-order valence-corrected chi connectivity index (χ2v) is 4.90. The van der Waals surface area contributed by atoms with Crippen LogP contribution in [-0.2, 0) is 19.1 Å². The van der Waals surface area contributed by atoms with E-state index in [1.807, 2.05) is 13.8 Å². The smallest absolute Gasteiger partial charge is 0.306 e. The lowest BCUT2D eigenvalue weighted by molar-refractivity contribution is -0.153. The molecule has 4 heteroatoms. The van der Waals surface area contributed by atoms with Crippen molar-refractivity contribution in [1.29, 1.82) is 0 Å². The van der Waals surface area contributed by atoms with Crippen molar-refractivity contribution in [3.63, 3.8) is 0 Å². The predicted octanol–water partition coefficient (Wildman–Crippen LogP) is 3.63. The summed E-state index contributed by atoms with van der Waals surface area (Å²) >= 11 is 0. The largest absolute Gasteiger partial charge is 0.466 e. The minimum atomic E-state index is -0.355. The van der Waals surface area contributed by atoms with Crippen molar-refractivity contribution in [1.82, 2.24) is 0 Å². The third kappa shape index (κ3) is 12.0. The van der Waals surface area contributed by atoms with E-state index in [9.17, 15) is 9.59 Å². The second kappa shape index (κ2) is 13.5. The van der Waals surface area contributed by atoms with Gasteiger partial charge in [0.05, 0.1) is 19.4 Å². The monoisotopic (exact) mass is 296 g/mol. The molecule has 0 radical (unpaired) electrons. The number of ether oxygens (including phenoxy) is 2. The van der Waals surface area contributed by atoms with Crippen molar-refractivity contribution in [2.75, 3.05) is 6.61 Å². The van der Waals surface area contributed by atoms with Gasteiger partial charge in [-0.2, -0.15) is 0 Å². The minimum absolute atomic E-state index is 0.0733. The van der Waals surface area contributed by atoms with Gasteiger partial charge in [-0.3, -0.25) is 9.59 Å². The van der Waals surface area contributed by atoms with Crippen molar-refractivity contribution in [3.8, 4) is 11.8 Å². The maximum atomic E-state index is 11.7. The number of carbonyl (C=O) groups is 2. The van der Waals surface area contributed by atoms with Crippen molar-refractivity contribution in [2.45, 2.75) is 78.2 Å². The van der Waals surface area contributed by atoms with E-state index < -0.39 is 0 Å².